The molecule has 2 aromatic rings. The first kappa shape index (κ1) is 73.0. The molecule has 0 radical (unpaired) electrons. The van der Waals surface area contributed by atoms with E-state index >= 15 is 0 Å². The van der Waals surface area contributed by atoms with Crippen molar-refractivity contribution in [1.82, 2.24) is 52.7 Å². The number of rotatable bonds is 40. The van der Waals surface area contributed by atoms with Gasteiger partial charge in [-0.3, -0.25) is 58.8 Å². The van der Waals surface area contributed by atoms with Gasteiger partial charge in [0.1, 0.15) is 11.8 Å². The lowest BCUT2D eigenvalue weighted by atomic mass is 9.88. The van der Waals surface area contributed by atoms with Crippen LogP contribution in [0.25, 0.3) is 5.57 Å². The van der Waals surface area contributed by atoms with E-state index in [4.69, 9.17) is 35.9 Å². The zero-order chi connectivity index (χ0) is 64.0. The van der Waals surface area contributed by atoms with Gasteiger partial charge in [-0.05, 0) is 111 Å². The number of allylic oxidation sites excluding steroid dienone is 1. The second-order valence-corrected chi connectivity index (χ2v) is 24.1. The summed E-state index contributed by atoms with van der Waals surface area (Å²) in [6, 6.07) is 3.38. The first-order valence-corrected chi connectivity index (χ1v) is 31.2. The van der Waals surface area contributed by atoms with Gasteiger partial charge in [0, 0.05) is 101 Å². The van der Waals surface area contributed by atoms with Gasteiger partial charge in [-0.1, -0.05) is 65.0 Å². The first-order chi connectivity index (χ1) is 40.7. The number of carbonyl (C=O) groups is 10. The van der Waals surface area contributed by atoms with Crippen molar-refractivity contribution in [2.45, 2.75) is 163 Å². The summed E-state index contributed by atoms with van der Waals surface area (Å²) >= 11 is 11.8. The maximum Gasteiger partial charge on any atom is 0.240 e. The quantitative estimate of drug-likeness (QED) is 0.0197. The van der Waals surface area contributed by atoms with Gasteiger partial charge < -0.3 is 48.4 Å². The Kier molecular flexibility index (Phi) is 32.3. The number of hydrogen-bond donors (Lipinski definition) is 11. The molecule has 7 atom stereocenters. The van der Waals surface area contributed by atoms with E-state index in [9.17, 15) is 47.9 Å². The highest BCUT2D eigenvalue weighted by Gasteiger charge is 2.34. The van der Waals surface area contributed by atoms with E-state index in [0.717, 1.165) is 16.7 Å². The predicted molar refractivity (Wildman–Crippen MR) is 341 cm³/mol. The predicted octanol–water partition coefficient (Wildman–Crippen LogP) is 3.31. The maximum atomic E-state index is 14.4. The minimum Gasteiger partial charge on any atom is -0.370 e. The van der Waals surface area contributed by atoms with Crippen LogP contribution in [0, 0.1) is 29.6 Å². The summed E-state index contributed by atoms with van der Waals surface area (Å²) < 4.78 is 0. The smallest absolute Gasteiger partial charge is 0.240 e. The second kappa shape index (κ2) is 38.0. The third-order valence-corrected chi connectivity index (χ3v) is 15.6. The van der Waals surface area contributed by atoms with Crippen molar-refractivity contribution in [2.75, 3.05) is 25.6 Å². The number of H-pyrrole nitrogens is 1. The van der Waals surface area contributed by atoms with Crippen molar-refractivity contribution in [1.29, 1.82) is 0 Å². The lowest BCUT2D eigenvalue weighted by Gasteiger charge is -2.25. The van der Waals surface area contributed by atoms with E-state index in [1.165, 1.54) is 31.2 Å². The van der Waals surface area contributed by atoms with Crippen LogP contribution in [0.5, 0.6) is 0 Å². The van der Waals surface area contributed by atoms with Crippen LogP contribution in [-0.2, 0) is 60.8 Å². The van der Waals surface area contributed by atoms with E-state index in [2.05, 4.69) is 62.9 Å². The average Bonchev–Trinajstić information content (AvgIpc) is 2.92. The number of ketones is 4. The normalized spacial score (nSPS) is 14.6. The molecule has 1 aromatic heterocycles. The number of nitrogens with zero attached hydrogens (tertiary/aromatic N) is 3. The minimum absolute atomic E-state index is 0.00345. The lowest BCUT2D eigenvalue weighted by molar-refractivity contribution is -0.135. The molecule has 1 aromatic carbocycles. The number of imidazole rings is 1. The van der Waals surface area contributed by atoms with Gasteiger partial charge in [0.2, 0.25) is 35.4 Å². The molecule has 472 valence electrons. The number of hydrazone groups is 2. The van der Waals surface area contributed by atoms with Crippen molar-refractivity contribution in [3.05, 3.63) is 59.7 Å². The number of aromatic nitrogens is 2. The Labute approximate surface area is 519 Å². The molecule has 1 aliphatic carbocycles. The van der Waals surface area contributed by atoms with Gasteiger partial charge in [0.15, 0.2) is 27.6 Å². The van der Waals surface area contributed by atoms with E-state index in [-0.39, 0.29) is 81.0 Å². The Bertz CT molecular complexity index is 2800. The van der Waals surface area contributed by atoms with Crippen molar-refractivity contribution in [3.8, 4) is 0 Å². The molecule has 1 aliphatic rings. The number of benzene rings is 1. The van der Waals surface area contributed by atoms with Crippen molar-refractivity contribution in [2.24, 2.45) is 51.3 Å². The molecule has 0 saturated heterocycles. The highest BCUT2D eigenvalue weighted by Crippen LogP contribution is 2.31. The highest BCUT2D eigenvalue weighted by atomic mass is 32.2. The average molecular weight is 1250 g/mol. The summed E-state index contributed by atoms with van der Waals surface area (Å²) in [5.74, 6) is -8.18. The number of Topliss-reactive ketones (excluding diaryl/α,β-unsaturated/α-hetero) is 4. The van der Waals surface area contributed by atoms with Gasteiger partial charge in [-0.25, -0.2) is 4.98 Å². The number of thioether (sulfide) groups is 1. The molecule has 27 heteroatoms. The monoisotopic (exact) mass is 1250 g/mol. The number of nitrogens with two attached hydrogens (primary N) is 2. The third kappa shape index (κ3) is 26.6. The fourth-order valence-corrected chi connectivity index (χ4v) is 10.0. The Hall–Kier alpha value is -7.26. The molecule has 0 bridgehead atoms. The highest BCUT2D eigenvalue weighted by molar-refractivity contribution is 7.98. The van der Waals surface area contributed by atoms with Gasteiger partial charge in [-0.2, -0.15) is 22.0 Å². The molecule has 0 saturated carbocycles. The molecule has 0 aliphatic heterocycles. The van der Waals surface area contributed by atoms with Crippen LogP contribution in [0.1, 0.15) is 142 Å². The van der Waals surface area contributed by atoms with Crippen LogP contribution in [0.3, 0.4) is 0 Å². The molecule has 1 heterocycles. The van der Waals surface area contributed by atoms with Crippen LogP contribution in [0.2, 0.25) is 0 Å². The van der Waals surface area contributed by atoms with Crippen molar-refractivity contribution >= 4 is 122 Å². The van der Waals surface area contributed by atoms with Crippen LogP contribution in [0.15, 0.2) is 53.1 Å². The number of aromatic amines is 1. The van der Waals surface area contributed by atoms with Gasteiger partial charge in [0.25, 0.3) is 0 Å². The maximum absolute atomic E-state index is 14.4. The van der Waals surface area contributed by atoms with Crippen LogP contribution in [-0.4, -0.2) is 140 Å². The van der Waals surface area contributed by atoms with Gasteiger partial charge in [-0.15, -0.1) is 0 Å². The Morgan fingerprint density at radius 2 is 1.36 bits per heavy atom. The van der Waals surface area contributed by atoms with Crippen LogP contribution < -0.4 is 54.2 Å². The molecule has 13 N–H and O–H groups in total. The zero-order valence-corrected chi connectivity index (χ0v) is 53.3. The van der Waals surface area contributed by atoms with E-state index < -0.39 is 101 Å². The number of fused-ring (bicyclic) bond motifs is 1. The molecular formula is C59H88N14O10S3. The minimum atomic E-state index is -1.16. The van der Waals surface area contributed by atoms with Crippen molar-refractivity contribution < 1.29 is 47.9 Å². The number of primary amides is 2. The molecular weight excluding hydrogens is 1160 g/mol. The Morgan fingerprint density at radius 1 is 0.721 bits per heavy atom. The Balaban J connectivity index is 1.71. The summed E-state index contributed by atoms with van der Waals surface area (Å²) in [4.78, 5) is 142. The lowest BCUT2D eigenvalue weighted by Crippen LogP contribution is -2.49. The molecule has 0 spiro atoms. The number of amides is 6. The van der Waals surface area contributed by atoms with Crippen LogP contribution in [0.4, 0.5) is 0 Å². The summed E-state index contributed by atoms with van der Waals surface area (Å²) in [5, 5.41) is 25.7. The summed E-state index contributed by atoms with van der Waals surface area (Å²) in [5.41, 5.74) is 20.8. The Morgan fingerprint density at radius 3 is 1.98 bits per heavy atom. The summed E-state index contributed by atoms with van der Waals surface area (Å²) in [6.07, 6.45) is 6.69. The number of nitrogens with one attached hydrogen (secondary N) is 9. The van der Waals surface area contributed by atoms with E-state index in [1.807, 2.05) is 50.4 Å². The number of thiocarbonyl (C=S) groups is 2. The fraction of sp³-hybridized carbons (Fsp3) is 0.576. The molecule has 3 rings (SSSR count). The standard InChI is InChI=1S/C59H88N14O10S3/c1-33(2)25-41(57(83)67-45(54(61)80)22-24-86-9)29-50(77)47(30-42-31-63-32-65-42)66-52(79)21-19-48(75)53(34(3)4)69-55(81)35(5)26-49(76)46(28-39-17-16-38-13-10-11-15-44(38)39)68-56(82)40(18-20-51(60)78)27-43(74)14-12-23-64-59(85)73-71-37(7)36(6)70-72-58(84)62-8/h10-11,13,15,17,31-35,40-41,45-47,53H,12,14,16,18-30H2,1-9H3,(H2,60,78)(H2,61,80)(H,63,65)(H,66,79)(H,67,83)(H,68,82)(H,69,81)(H2,62,72,84)(H2,64,73,85)/b70-36+,71-37+/t35-,40-,41-,45+,46+,47+,53+/m1/s1. The number of carbonyl (C=O) groups excluding carboxylic acids is 10. The molecule has 6 amide bonds. The van der Waals surface area contributed by atoms with Crippen molar-refractivity contribution in [3.63, 3.8) is 0 Å². The van der Waals surface area contributed by atoms with Crippen LogP contribution >= 0.6 is 36.2 Å². The largest absolute Gasteiger partial charge is 0.370 e. The third-order valence-electron chi connectivity index (χ3n) is 14.4. The zero-order valence-electron chi connectivity index (χ0n) is 50.9. The molecule has 24 nitrogen and oxygen atoms in total. The van der Waals surface area contributed by atoms with Gasteiger partial charge in [0.05, 0.1) is 35.9 Å². The molecule has 0 unspecified atom stereocenters. The number of hydrogen-bond acceptors (Lipinski definition) is 16. The fourth-order valence-electron chi connectivity index (χ4n) is 9.36. The summed E-state index contributed by atoms with van der Waals surface area (Å²) in [6.45, 7) is 12.5. The molecule has 86 heavy (non-hydrogen) atoms. The second-order valence-electron chi connectivity index (χ2n) is 22.3. The topological polar surface area (TPSA) is 372 Å². The van der Waals surface area contributed by atoms with E-state index in [1.54, 1.807) is 34.7 Å². The van der Waals surface area contributed by atoms with E-state index in [0.29, 0.717) is 60.2 Å². The first-order valence-electron chi connectivity index (χ1n) is 28.9. The van der Waals surface area contributed by atoms with Gasteiger partial charge >= 0.3 is 0 Å². The molecule has 0 fully saturated rings. The summed E-state index contributed by atoms with van der Waals surface area (Å²) in [7, 11) is 1.66. The SMILES string of the molecule is CNC(=S)N/N=C(C)/C(C)=N/NC(=S)NCCCC(=O)C[C@@H](CCC(N)=O)C(=O)N[C@@H](CC1=CCc2ccccc21)C(=O)C[C@@H](C)C(=O)N[C@H](C(=O)CCC(=O)N[C@@H](Cc1cnc[nH]1)C(=O)C[C@@H](CC(C)C)C(=O)N[C@@H](CCSC)C(N)=O)C(C)C.